The average Bonchev–Trinajstić information content (AvgIpc) is 2.17. The third-order valence-corrected chi connectivity index (χ3v) is 2.11. The van der Waals surface area contributed by atoms with E-state index in [2.05, 4.69) is 5.32 Å². The number of benzene rings is 1. The molecular weight excluding hydrogens is 260 g/mol. The first-order chi connectivity index (χ1) is 7.04. The van der Waals surface area contributed by atoms with E-state index in [1.807, 2.05) is 6.07 Å². The Bertz CT molecular complexity index is 313. The molecular formula is C9H8Cl3NO2. The summed E-state index contributed by atoms with van der Waals surface area (Å²) in [5.74, 6) is 0.503. The maximum Gasteiger partial charge on any atom is 0.246 e. The highest BCUT2D eigenvalue weighted by atomic mass is 35.6. The number of hydrogen-bond acceptors (Lipinski definition) is 2. The lowest BCUT2D eigenvalue weighted by Gasteiger charge is -2.24. The second-order valence-corrected chi connectivity index (χ2v) is 5.01. The lowest BCUT2D eigenvalue weighted by atomic mass is 10.3. The largest absolute Gasteiger partial charge is 0.466 e. The van der Waals surface area contributed by atoms with Gasteiger partial charge in [-0.05, 0) is 12.1 Å². The summed E-state index contributed by atoms with van der Waals surface area (Å²) in [5.41, 5.74) is 0. The zero-order valence-electron chi connectivity index (χ0n) is 7.49. The average molecular weight is 269 g/mol. The molecule has 15 heavy (non-hydrogen) atoms. The van der Waals surface area contributed by atoms with Gasteiger partial charge in [0.2, 0.25) is 16.4 Å². The molecule has 0 aliphatic rings. The lowest BCUT2D eigenvalue weighted by Crippen LogP contribution is -2.44. The van der Waals surface area contributed by atoms with Crippen molar-refractivity contribution in [2.75, 3.05) is 0 Å². The van der Waals surface area contributed by atoms with Crippen LogP contribution in [0.3, 0.4) is 0 Å². The van der Waals surface area contributed by atoms with E-state index in [0.29, 0.717) is 12.2 Å². The fourth-order valence-corrected chi connectivity index (χ4v) is 1.21. The van der Waals surface area contributed by atoms with E-state index in [4.69, 9.17) is 39.5 Å². The van der Waals surface area contributed by atoms with Gasteiger partial charge >= 0.3 is 0 Å². The number of halogens is 3. The molecule has 6 heteroatoms. The molecule has 0 heterocycles. The normalized spacial score (nSPS) is 13.0. The summed E-state index contributed by atoms with van der Waals surface area (Å²) >= 11 is 16.8. The molecule has 0 saturated carbocycles. The number of carbonyl (C=O) groups is 1. The van der Waals surface area contributed by atoms with Gasteiger partial charge in [0.15, 0.2) is 0 Å². The Hall–Kier alpha value is -0.640. The van der Waals surface area contributed by atoms with Crippen molar-refractivity contribution in [3.63, 3.8) is 0 Å². The van der Waals surface area contributed by atoms with Gasteiger partial charge in [-0.2, -0.15) is 0 Å². The van der Waals surface area contributed by atoms with Gasteiger partial charge in [0, 0.05) is 0 Å². The van der Waals surface area contributed by atoms with Crippen molar-refractivity contribution in [1.29, 1.82) is 0 Å². The Balaban J connectivity index is 2.71. The smallest absolute Gasteiger partial charge is 0.246 e. The molecule has 1 N–H and O–H groups in total. The molecule has 0 bridgehead atoms. The molecule has 0 saturated heterocycles. The van der Waals surface area contributed by atoms with Gasteiger partial charge in [-0.25, -0.2) is 0 Å². The molecule has 1 amide bonds. The van der Waals surface area contributed by atoms with Gasteiger partial charge in [0.05, 0.1) is 0 Å². The third kappa shape index (κ3) is 4.16. The van der Waals surface area contributed by atoms with Gasteiger partial charge in [0.1, 0.15) is 5.75 Å². The van der Waals surface area contributed by atoms with Gasteiger partial charge in [0.25, 0.3) is 0 Å². The summed E-state index contributed by atoms with van der Waals surface area (Å²) in [7, 11) is 0. The zero-order chi connectivity index (χ0) is 11.3. The number of nitrogens with one attached hydrogen (secondary N) is 1. The molecule has 1 unspecified atom stereocenters. The Morgan fingerprint density at radius 2 is 1.87 bits per heavy atom. The minimum absolute atomic E-state index is 0.412. The molecule has 0 spiro atoms. The van der Waals surface area contributed by atoms with Crippen molar-refractivity contribution in [1.82, 2.24) is 5.32 Å². The number of amides is 1. The van der Waals surface area contributed by atoms with Crippen LogP contribution in [0, 0.1) is 0 Å². The van der Waals surface area contributed by atoms with Crippen LogP contribution in [0.25, 0.3) is 0 Å². The van der Waals surface area contributed by atoms with Gasteiger partial charge in [-0.3, -0.25) is 4.79 Å². The first-order valence-corrected chi connectivity index (χ1v) is 5.15. The fourth-order valence-electron chi connectivity index (χ4n) is 0.892. The predicted octanol–water partition coefficient (Wildman–Crippen LogP) is 2.51. The molecule has 0 radical (unpaired) electrons. The van der Waals surface area contributed by atoms with Crippen molar-refractivity contribution in [2.24, 2.45) is 0 Å². The van der Waals surface area contributed by atoms with Crippen LogP contribution in [-0.4, -0.2) is 16.4 Å². The SMILES string of the molecule is O=CNC(Oc1ccccc1)C(Cl)(Cl)Cl. The van der Waals surface area contributed by atoms with Crippen LogP contribution >= 0.6 is 34.8 Å². The van der Waals surface area contributed by atoms with E-state index in [1.54, 1.807) is 24.3 Å². The Kier molecular flexibility index (Phi) is 4.51. The van der Waals surface area contributed by atoms with Crippen molar-refractivity contribution < 1.29 is 9.53 Å². The molecule has 82 valence electrons. The summed E-state index contributed by atoms with van der Waals surface area (Å²) in [6, 6.07) is 8.74. The molecule has 0 fully saturated rings. The highest BCUT2D eigenvalue weighted by Gasteiger charge is 2.34. The standard InChI is InChI=1S/C9H8Cl3NO2/c10-9(11,12)8(13-6-14)15-7-4-2-1-3-5-7/h1-6,8H,(H,13,14). The number of rotatable bonds is 4. The van der Waals surface area contributed by atoms with Crippen LogP contribution < -0.4 is 10.1 Å². The van der Waals surface area contributed by atoms with E-state index in [-0.39, 0.29) is 0 Å². The number of hydrogen-bond donors (Lipinski definition) is 1. The quantitative estimate of drug-likeness (QED) is 0.518. The van der Waals surface area contributed by atoms with Gasteiger partial charge < -0.3 is 10.1 Å². The van der Waals surface area contributed by atoms with E-state index in [9.17, 15) is 4.79 Å². The molecule has 1 aromatic carbocycles. The Morgan fingerprint density at radius 3 is 2.33 bits per heavy atom. The Labute approximate surface area is 102 Å². The van der Waals surface area contributed by atoms with Crippen LogP contribution in [0.1, 0.15) is 0 Å². The number of alkyl halides is 3. The van der Waals surface area contributed by atoms with Crippen LogP contribution in [0.15, 0.2) is 30.3 Å². The molecule has 3 nitrogen and oxygen atoms in total. The fraction of sp³-hybridized carbons (Fsp3) is 0.222. The summed E-state index contributed by atoms with van der Waals surface area (Å²) in [6.07, 6.45) is -0.613. The predicted molar refractivity (Wildman–Crippen MR) is 60.3 cm³/mol. The topological polar surface area (TPSA) is 38.3 Å². The minimum Gasteiger partial charge on any atom is -0.466 e. The minimum atomic E-state index is -1.73. The number of para-hydroxylation sites is 1. The highest BCUT2D eigenvalue weighted by Crippen LogP contribution is 2.31. The summed E-state index contributed by atoms with van der Waals surface area (Å²) in [5, 5.41) is 2.27. The molecule has 0 aromatic heterocycles. The molecule has 0 aliphatic carbocycles. The molecule has 1 rings (SSSR count). The highest BCUT2D eigenvalue weighted by molar-refractivity contribution is 6.68. The van der Waals surface area contributed by atoms with E-state index in [1.165, 1.54) is 0 Å². The van der Waals surface area contributed by atoms with Crippen molar-refractivity contribution in [2.45, 2.75) is 10.0 Å². The second kappa shape index (κ2) is 5.45. The van der Waals surface area contributed by atoms with Gasteiger partial charge in [-0.1, -0.05) is 53.0 Å². The van der Waals surface area contributed by atoms with E-state index in [0.717, 1.165) is 0 Å². The van der Waals surface area contributed by atoms with Crippen LogP contribution in [0.5, 0.6) is 5.75 Å². The molecule has 1 aromatic rings. The number of carbonyl (C=O) groups excluding carboxylic acids is 1. The summed E-state index contributed by atoms with van der Waals surface area (Å²) in [4.78, 5) is 10.3. The second-order valence-electron chi connectivity index (χ2n) is 2.64. The maximum atomic E-state index is 10.3. The Morgan fingerprint density at radius 1 is 1.27 bits per heavy atom. The first-order valence-electron chi connectivity index (χ1n) is 4.02. The van der Waals surface area contributed by atoms with Crippen LogP contribution in [0.4, 0.5) is 0 Å². The summed E-state index contributed by atoms with van der Waals surface area (Å²) < 4.78 is 3.56. The van der Waals surface area contributed by atoms with Crippen LogP contribution in [-0.2, 0) is 4.79 Å². The third-order valence-electron chi connectivity index (χ3n) is 1.51. The lowest BCUT2D eigenvalue weighted by molar-refractivity contribution is -0.111. The zero-order valence-corrected chi connectivity index (χ0v) is 9.76. The monoisotopic (exact) mass is 267 g/mol. The van der Waals surface area contributed by atoms with Crippen molar-refractivity contribution in [3.05, 3.63) is 30.3 Å². The van der Waals surface area contributed by atoms with E-state index >= 15 is 0 Å². The maximum absolute atomic E-state index is 10.3. The molecule has 0 aliphatic heterocycles. The summed E-state index contributed by atoms with van der Waals surface area (Å²) in [6.45, 7) is 0. The van der Waals surface area contributed by atoms with Gasteiger partial charge in [-0.15, -0.1) is 0 Å². The van der Waals surface area contributed by atoms with E-state index < -0.39 is 10.0 Å². The van der Waals surface area contributed by atoms with Crippen LogP contribution in [0.2, 0.25) is 0 Å². The van der Waals surface area contributed by atoms with Crippen molar-refractivity contribution in [3.8, 4) is 5.75 Å². The van der Waals surface area contributed by atoms with Crippen molar-refractivity contribution >= 4 is 41.2 Å². The molecule has 1 atom stereocenters. The first kappa shape index (κ1) is 12.4. The number of ether oxygens (including phenoxy) is 1.